The first-order valence-electron chi connectivity index (χ1n) is 2.22. The molecular weight excluding hydrogens is 126 g/mol. The lowest BCUT2D eigenvalue weighted by molar-refractivity contribution is 0.336. The van der Waals surface area contributed by atoms with Gasteiger partial charge in [0.1, 0.15) is 0 Å². The largest absolute Gasteiger partial charge is 0.505 e. The molecule has 3 heteroatoms. The van der Waals surface area contributed by atoms with Crippen LogP contribution in [0.3, 0.4) is 0 Å². The topological polar surface area (TPSA) is 35.2 Å². The molecule has 0 aromatic rings. The fourth-order valence-electron chi connectivity index (χ4n) is 0.202. The van der Waals surface area contributed by atoms with E-state index in [9.17, 15) is 0 Å². The lowest BCUT2D eigenvalue weighted by Gasteiger charge is -1.91. The highest BCUT2D eigenvalue weighted by molar-refractivity contribution is 5.85. The monoisotopic (exact) mass is 137 g/mol. The third kappa shape index (κ3) is 9.25. The van der Waals surface area contributed by atoms with Crippen LogP contribution in [-0.4, -0.2) is 13.2 Å². The van der Waals surface area contributed by atoms with Crippen LogP contribution in [0.5, 0.6) is 0 Å². The third-order valence-electron chi connectivity index (χ3n) is 0.518. The maximum Gasteiger partial charge on any atom is 0.0800 e. The molecule has 0 rings (SSSR count). The summed E-state index contributed by atoms with van der Waals surface area (Å²) in [5, 5.41) is 0. The molecule has 0 aliphatic heterocycles. The van der Waals surface area contributed by atoms with Crippen molar-refractivity contribution >= 4 is 12.4 Å². The molecule has 2 nitrogen and oxygen atoms in total. The van der Waals surface area contributed by atoms with Gasteiger partial charge in [0, 0.05) is 6.04 Å². The summed E-state index contributed by atoms with van der Waals surface area (Å²) in [6.07, 6.45) is 3.35. The van der Waals surface area contributed by atoms with Gasteiger partial charge in [-0.1, -0.05) is 0 Å². The standard InChI is InChI=1S/C5H11NO.ClH/c1-5(6)3-4-7-2;/h3-5H,6H2,1-2H3;1H/t5-;/m1./s1. The molecule has 2 N–H and O–H groups in total. The van der Waals surface area contributed by atoms with Crippen molar-refractivity contribution in [2.24, 2.45) is 5.73 Å². The minimum atomic E-state index is 0. The molecule has 0 aliphatic carbocycles. The second-order valence-electron chi connectivity index (χ2n) is 1.42. The van der Waals surface area contributed by atoms with Crippen LogP contribution in [0.2, 0.25) is 0 Å². The molecule has 0 aromatic heterocycles. The third-order valence-corrected chi connectivity index (χ3v) is 0.518. The zero-order valence-corrected chi connectivity index (χ0v) is 5.94. The van der Waals surface area contributed by atoms with Crippen molar-refractivity contribution in [3.8, 4) is 0 Å². The van der Waals surface area contributed by atoms with Gasteiger partial charge in [-0.05, 0) is 13.0 Å². The van der Waals surface area contributed by atoms with Crippen LogP contribution in [0.15, 0.2) is 12.3 Å². The Hall–Kier alpha value is -0.210. The molecule has 0 aliphatic rings. The summed E-state index contributed by atoms with van der Waals surface area (Å²) in [5.41, 5.74) is 5.31. The first-order chi connectivity index (χ1) is 3.27. The molecule has 0 heterocycles. The van der Waals surface area contributed by atoms with Gasteiger partial charge in [-0.25, -0.2) is 0 Å². The summed E-state index contributed by atoms with van der Waals surface area (Å²) in [7, 11) is 1.60. The molecule has 0 amide bonds. The van der Waals surface area contributed by atoms with Crippen LogP contribution in [0, 0.1) is 0 Å². The molecule has 0 spiro atoms. The highest BCUT2D eigenvalue weighted by Crippen LogP contribution is 1.76. The average molecular weight is 138 g/mol. The fraction of sp³-hybridized carbons (Fsp3) is 0.600. The lowest BCUT2D eigenvalue weighted by atomic mass is 10.4. The molecular formula is C5H12ClNO. The van der Waals surface area contributed by atoms with Crippen LogP contribution in [0.1, 0.15) is 6.92 Å². The van der Waals surface area contributed by atoms with E-state index in [2.05, 4.69) is 4.74 Å². The van der Waals surface area contributed by atoms with Crippen molar-refractivity contribution in [3.63, 3.8) is 0 Å². The molecule has 0 saturated heterocycles. The summed E-state index contributed by atoms with van der Waals surface area (Å²) in [6.45, 7) is 1.88. The highest BCUT2D eigenvalue weighted by atomic mass is 35.5. The second-order valence-corrected chi connectivity index (χ2v) is 1.42. The first kappa shape index (κ1) is 10.7. The number of hydrogen-bond donors (Lipinski definition) is 1. The summed E-state index contributed by atoms with van der Waals surface area (Å²) in [6, 6.07) is 0.0972. The van der Waals surface area contributed by atoms with Crippen molar-refractivity contribution in [3.05, 3.63) is 12.3 Å². The molecule has 0 saturated carbocycles. The van der Waals surface area contributed by atoms with Gasteiger partial charge in [-0.15, -0.1) is 12.4 Å². The fourth-order valence-corrected chi connectivity index (χ4v) is 0.202. The predicted octanol–water partition coefficient (Wildman–Crippen LogP) is 0.915. The molecule has 0 aromatic carbocycles. The molecule has 0 radical (unpaired) electrons. The van der Waals surface area contributed by atoms with Gasteiger partial charge in [-0.3, -0.25) is 0 Å². The molecule has 1 atom stereocenters. The van der Waals surface area contributed by atoms with Crippen molar-refractivity contribution < 1.29 is 4.74 Å². The van der Waals surface area contributed by atoms with E-state index in [0.717, 1.165) is 0 Å². The van der Waals surface area contributed by atoms with E-state index in [0.29, 0.717) is 0 Å². The van der Waals surface area contributed by atoms with Crippen LogP contribution in [0.25, 0.3) is 0 Å². The van der Waals surface area contributed by atoms with Crippen molar-refractivity contribution in [1.82, 2.24) is 0 Å². The van der Waals surface area contributed by atoms with Gasteiger partial charge in [0.15, 0.2) is 0 Å². The number of rotatable bonds is 2. The van der Waals surface area contributed by atoms with Gasteiger partial charge in [-0.2, -0.15) is 0 Å². The average Bonchev–Trinajstić information content (AvgIpc) is 1.61. The Balaban J connectivity index is 0. The SMILES string of the molecule is COC=C[C@@H](C)N.Cl. The number of hydrogen-bond acceptors (Lipinski definition) is 2. The van der Waals surface area contributed by atoms with Crippen LogP contribution >= 0.6 is 12.4 Å². The second kappa shape index (κ2) is 6.79. The number of halogens is 1. The van der Waals surface area contributed by atoms with Gasteiger partial charge >= 0.3 is 0 Å². The summed E-state index contributed by atoms with van der Waals surface area (Å²) in [5.74, 6) is 0. The van der Waals surface area contributed by atoms with E-state index in [1.807, 2.05) is 6.92 Å². The Bertz CT molecular complexity index is 63.4. The van der Waals surface area contributed by atoms with Gasteiger partial charge in [0.25, 0.3) is 0 Å². The van der Waals surface area contributed by atoms with E-state index < -0.39 is 0 Å². The van der Waals surface area contributed by atoms with E-state index in [-0.39, 0.29) is 18.4 Å². The molecule has 8 heavy (non-hydrogen) atoms. The van der Waals surface area contributed by atoms with E-state index >= 15 is 0 Å². The minimum absolute atomic E-state index is 0. The Morgan fingerprint density at radius 3 is 2.25 bits per heavy atom. The van der Waals surface area contributed by atoms with Crippen LogP contribution < -0.4 is 5.73 Å². The highest BCUT2D eigenvalue weighted by Gasteiger charge is 1.78. The number of ether oxygens (including phenoxy) is 1. The van der Waals surface area contributed by atoms with Gasteiger partial charge < -0.3 is 10.5 Å². The van der Waals surface area contributed by atoms with Crippen LogP contribution in [0.4, 0.5) is 0 Å². The maximum atomic E-state index is 5.31. The van der Waals surface area contributed by atoms with Crippen LogP contribution in [-0.2, 0) is 4.74 Å². The normalized spacial score (nSPS) is 12.9. The minimum Gasteiger partial charge on any atom is -0.505 e. The summed E-state index contributed by atoms with van der Waals surface area (Å²) in [4.78, 5) is 0. The van der Waals surface area contributed by atoms with E-state index in [4.69, 9.17) is 5.73 Å². The van der Waals surface area contributed by atoms with Crippen molar-refractivity contribution in [1.29, 1.82) is 0 Å². The zero-order valence-electron chi connectivity index (χ0n) is 5.13. The number of methoxy groups -OCH3 is 1. The summed E-state index contributed by atoms with van der Waals surface area (Å²) < 4.78 is 4.59. The Kier molecular flexibility index (Phi) is 9.09. The van der Waals surface area contributed by atoms with E-state index in [1.54, 1.807) is 19.4 Å². The molecule has 0 unspecified atom stereocenters. The maximum absolute atomic E-state index is 5.31. The smallest absolute Gasteiger partial charge is 0.0800 e. The Morgan fingerprint density at radius 2 is 2.12 bits per heavy atom. The van der Waals surface area contributed by atoms with Gasteiger partial charge in [0.05, 0.1) is 13.4 Å². The molecule has 0 bridgehead atoms. The lowest BCUT2D eigenvalue weighted by Crippen LogP contribution is -2.10. The van der Waals surface area contributed by atoms with Gasteiger partial charge in [0.2, 0.25) is 0 Å². The first-order valence-corrected chi connectivity index (χ1v) is 2.22. The number of nitrogens with two attached hydrogens (primary N) is 1. The molecule has 50 valence electrons. The summed E-state index contributed by atoms with van der Waals surface area (Å²) >= 11 is 0. The predicted molar refractivity (Wildman–Crippen MR) is 37.0 cm³/mol. The van der Waals surface area contributed by atoms with E-state index in [1.165, 1.54) is 0 Å². The van der Waals surface area contributed by atoms with Crippen molar-refractivity contribution in [2.45, 2.75) is 13.0 Å². The zero-order chi connectivity index (χ0) is 5.70. The Morgan fingerprint density at radius 1 is 1.62 bits per heavy atom. The molecule has 0 fully saturated rings. The van der Waals surface area contributed by atoms with Crippen molar-refractivity contribution in [2.75, 3.05) is 7.11 Å². The quantitative estimate of drug-likeness (QED) is 0.575. The Labute approximate surface area is 56.1 Å².